The van der Waals surface area contributed by atoms with Crippen LogP contribution in [0.1, 0.15) is 26.5 Å². The summed E-state index contributed by atoms with van der Waals surface area (Å²) in [4.78, 5) is 23.1. The largest absolute Gasteiger partial charge is 0.507 e. The van der Waals surface area contributed by atoms with E-state index >= 15 is 0 Å². The van der Waals surface area contributed by atoms with Crippen molar-refractivity contribution in [2.45, 2.75) is 0 Å². The highest BCUT2D eigenvalue weighted by atomic mass is 79.9. The molecule has 3 N–H and O–H groups in total. The van der Waals surface area contributed by atoms with Crippen LogP contribution in [-0.4, -0.2) is 28.3 Å². The Morgan fingerprint density at radius 2 is 1.93 bits per heavy atom. The molecule has 0 aliphatic rings. The van der Waals surface area contributed by atoms with Crippen molar-refractivity contribution in [3.05, 3.63) is 76.0 Å². The van der Waals surface area contributed by atoms with Gasteiger partial charge in [-0.05, 0) is 42.5 Å². The van der Waals surface area contributed by atoms with E-state index < -0.39 is 11.9 Å². The second-order valence-corrected chi connectivity index (χ2v) is 6.36. The molecule has 0 radical (unpaired) electrons. The van der Waals surface area contributed by atoms with Crippen LogP contribution in [0.15, 0.2) is 68.6 Å². The molecule has 0 spiro atoms. The van der Waals surface area contributed by atoms with Crippen molar-refractivity contribution in [2.75, 3.05) is 0 Å². The molecule has 0 fully saturated rings. The summed E-state index contributed by atoms with van der Waals surface area (Å²) < 4.78 is 6.23. The molecule has 0 saturated carbocycles. The van der Waals surface area contributed by atoms with Gasteiger partial charge in [0, 0.05) is 10.0 Å². The average molecular weight is 429 g/mol. The molecule has 1 aromatic heterocycles. The van der Waals surface area contributed by atoms with Crippen LogP contribution in [0, 0.1) is 0 Å². The summed E-state index contributed by atoms with van der Waals surface area (Å²) in [7, 11) is 0. The zero-order valence-corrected chi connectivity index (χ0v) is 15.3. The van der Waals surface area contributed by atoms with E-state index in [0.29, 0.717) is 21.6 Å². The number of carboxylic acid groups (broad SMARTS) is 1. The number of nitrogens with zero attached hydrogens (tertiary/aromatic N) is 1. The van der Waals surface area contributed by atoms with Gasteiger partial charge in [-0.1, -0.05) is 28.1 Å². The molecule has 8 heteroatoms. The van der Waals surface area contributed by atoms with Crippen LogP contribution in [0.3, 0.4) is 0 Å². The van der Waals surface area contributed by atoms with Gasteiger partial charge in [0.05, 0.1) is 17.3 Å². The summed E-state index contributed by atoms with van der Waals surface area (Å²) in [5.41, 5.74) is 3.14. The van der Waals surface area contributed by atoms with Gasteiger partial charge >= 0.3 is 5.97 Å². The number of benzene rings is 2. The van der Waals surface area contributed by atoms with Gasteiger partial charge in [0.15, 0.2) is 0 Å². The Hall–Kier alpha value is -3.39. The minimum absolute atomic E-state index is 0.0761. The highest BCUT2D eigenvalue weighted by Crippen LogP contribution is 2.23. The molecule has 1 amide bonds. The zero-order valence-electron chi connectivity index (χ0n) is 13.7. The molecule has 1 heterocycles. The first-order valence-corrected chi connectivity index (χ1v) is 8.49. The Morgan fingerprint density at radius 3 is 2.70 bits per heavy atom. The molecular weight excluding hydrogens is 416 g/mol. The molecular formula is C19H13BrN2O5. The van der Waals surface area contributed by atoms with Crippen LogP contribution in [0.4, 0.5) is 0 Å². The normalized spacial score (nSPS) is 10.9. The number of aromatic carboxylic acids is 1. The highest BCUT2D eigenvalue weighted by molar-refractivity contribution is 9.10. The maximum atomic E-state index is 12.0. The second-order valence-electron chi connectivity index (χ2n) is 5.45. The molecule has 0 saturated heterocycles. The van der Waals surface area contributed by atoms with Gasteiger partial charge in [0.1, 0.15) is 17.3 Å². The number of furan rings is 1. The molecule has 0 bridgehead atoms. The Morgan fingerprint density at radius 1 is 1.11 bits per heavy atom. The maximum absolute atomic E-state index is 12.0. The number of phenolic OH excluding ortho intramolecular Hbond substituents is 1. The SMILES string of the molecule is O=C(O)c1cccc(-c2ccc(C=NNC(=O)c3cc(Br)ccc3O)o2)c1. The van der Waals surface area contributed by atoms with Gasteiger partial charge in [0.25, 0.3) is 5.91 Å². The molecule has 0 atom stereocenters. The Bertz CT molecular complexity index is 1040. The average Bonchev–Trinajstić information content (AvgIpc) is 3.12. The summed E-state index contributed by atoms with van der Waals surface area (Å²) in [6.45, 7) is 0. The van der Waals surface area contributed by atoms with E-state index in [1.807, 2.05) is 0 Å². The number of hydrogen-bond donors (Lipinski definition) is 3. The van der Waals surface area contributed by atoms with E-state index in [4.69, 9.17) is 9.52 Å². The van der Waals surface area contributed by atoms with Gasteiger partial charge in [-0.25, -0.2) is 10.2 Å². The second kappa shape index (κ2) is 7.88. The molecule has 3 aromatic rings. The number of rotatable bonds is 5. The predicted octanol–water partition coefficient (Wildman–Crippen LogP) is 3.88. The summed E-state index contributed by atoms with van der Waals surface area (Å²) in [6, 6.07) is 14.1. The van der Waals surface area contributed by atoms with Crippen LogP contribution in [0.5, 0.6) is 5.75 Å². The van der Waals surface area contributed by atoms with Gasteiger partial charge in [0.2, 0.25) is 0 Å². The lowest BCUT2D eigenvalue weighted by Crippen LogP contribution is -2.17. The van der Waals surface area contributed by atoms with Crippen molar-refractivity contribution in [2.24, 2.45) is 5.10 Å². The monoisotopic (exact) mass is 428 g/mol. The lowest BCUT2D eigenvalue weighted by atomic mass is 10.1. The summed E-state index contributed by atoms with van der Waals surface area (Å²) >= 11 is 3.23. The molecule has 7 nitrogen and oxygen atoms in total. The third kappa shape index (κ3) is 4.42. The number of carboxylic acids is 1. The van der Waals surface area contributed by atoms with Crippen molar-refractivity contribution in [3.8, 4) is 17.1 Å². The minimum atomic E-state index is -1.02. The summed E-state index contributed by atoms with van der Waals surface area (Å²) in [5, 5.41) is 22.6. The minimum Gasteiger partial charge on any atom is -0.507 e. The van der Waals surface area contributed by atoms with Gasteiger partial charge in [-0.2, -0.15) is 5.10 Å². The first-order valence-electron chi connectivity index (χ1n) is 7.69. The fourth-order valence-corrected chi connectivity index (χ4v) is 2.65. The number of halogens is 1. The van der Waals surface area contributed by atoms with Crippen molar-refractivity contribution >= 4 is 34.0 Å². The molecule has 0 aliphatic carbocycles. The van der Waals surface area contributed by atoms with Crippen molar-refractivity contribution in [3.63, 3.8) is 0 Å². The number of carbonyl (C=O) groups excluding carboxylic acids is 1. The maximum Gasteiger partial charge on any atom is 0.335 e. The molecule has 27 heavy (non-hydrogen) atoms. The van der Waals surface area contributed by atoms with Gasteiger partial charge in [-0.3, -0.25) is 4.79 Å². The van der Waals surface area contributed by atoms with E-state index in [2.05, 4.69) is 26.5 Å². The fraction of sp³-hybridized carbons (Fsp3) is 0. The number of amides is 1. The number of nitrogens with one attached hydrogen (secondary N) is 1. The smallest absolute Gasteiger partial charge is 0.335 e. The van der Waals surface area contributed by atoms with Crippen LogP contribution in [0.2, 0.25) is 0 Å². The van der Waals surface area contributed by atoms with Gasteiger partial charge in [-0.15, -0.1) is 0 Å². The Kier molecular flexibility index (Phi) is 5.37. The van der Waals surface area contributed by atoms with E-state index in [1.165, 1.54) is 30.5 Å². The van der Waals surface area contributed by atoms with E-state index in [1.54, 1.807) is 30.3 Å². The number of aromatic hydroxyl groups is 1. The quantitative estimate of drug-likeness (QED) is 0.421. The summed E-state index contributed by atoms with van der Waals surface area (Å²) in [5.74, 6) is -0.931. The van der Waals surface area contributed by atoms with Crippen molar-refractivity contribution in [1.82, 2.24) is 5.43 Å². The molecule has 2 aromatic carbocycles. The topological polar surface area (TPSA) is 112 Å². The first kappa shape index (κ1) is 18.4. The lowest BCUT2D eigenvalue weighted by Gasteiger charge is -2.03. The molecule has 136 valence electrons. The third-order valence-electron chi connectivity index (χ3n) is 3.58. The van der Waals surface area contributed by atoms with E-state index in [0.717, 1.165) is 0 Å². The predicted molar refractivity (Wildman–Crippen MR) is 102 cm³/mol. The van der Waals surface area contributed by atoms with Crippen LogP contribution < -0.4 is 5.43 Å². The number of hydrogen-bond acceptors (Lipinski definition) is 5. The number of carbonyl (C=O) groups is 2. The Labute approximate surface area is 162 Å². The third-order valence-corrected chi connectivity index (χ3v) is 4.08. The van der Waals surface area contributed by atoms with Crippen LogP contribution in [0.25, 0.3) is 11.3 Å². The number of hydrazone groups is 1. The summed E-state index contributed by atoms with van der Waals surface area (Å²) in [6.07, 6.45) is 1.30. The Balaban J connectivity index is 1.70. The highest BCUT2D eigenvalue weighted by Gasteiger charge is 2.11. The zero-order chi connectivity index (χ0) is 19.4. The van der Waals surface area contributed by atoms with Gasteiger partial charge < -0.3 is 14.6 Å². The van der Waals surface area contributed by atoms with Crippen LogP contribution in [-0.2, 0) is 0 Å². The standard InChI is InChI=1S/C19H13BrN2O5/c20-13-4-6-16(23)15(9-13)18(24)22-21-10-14-5-7-17(27-14)11-2-1-3-12(8-11)19(25)26/h1-10,23H,(H,22,24)(H,25,26). The van der Waals surface area contributed by atoms with Crippen molar-refractivity contribution < 1.29 is 24.2 Å². The number of phenols is 1. The molecule has 0 aliphatic heterocycles. The first-order chi connectivity index (χ1) is 12.9. The lowest BCUT2D eigenvalue weighted by molar-refractivity contribution is 0.0696. The van der Waals surface area contributed by atoms with E-state index in [-0.39, 0.29) is 16.9 Å². The van der Waals surface area contributed by atoms with Crippen LogP contribution >= 0.6 is 15.9 Å². The fourth-order valence-electron chi connectivity index (χ4n) is 2.29. The molecule has 0 unspecified atom stereocenters. The van der Waals surface area contributed by atoms with E-state index in [9.17, 15) is 14.7 Å². The molecule has 3 rings (SSSR count). The van der Waals surface area contributed by atoms with Crippen molar-refractivity contribution in [1.29, 1.82) is 0 Å².